The van der Waals surface area contributed by atoms with Gasteiger partial charge in [-0.2, -0.15) is 0 Å². The molecule has 0 amide bonds. The normalized spacial score (nSPS) is 59.6. The van der Waals surface area contributed by atoms with Crippen molar-refractivity contribution >= 4 is 5.97 Å². The average Bonchev–Trinajstić information content (AvgIpc) is 2.61. The molecular formula is C11H16O5. The second-order valence-electron chi connectivity index (χ2n) is 5.50. The Hall–Kier alpha value is -0.650. The maximum Gasteiger partial charge on any atom is 0.317 e. The van der Waals surface area contributed by atoms with Gasteiger partial charge in [0.25, 0.3) is 0 Å². The minimum atomic E-state index is -1.18. The maximum absolute atomic E-state index is 11.8. The van der Waals surface area contributed by atoms with Crippen LogP contribution in [0.1, 0.15) is 20.3 Å². The standard InChI is InChI=1S/C11H16O5/c1-5-3-6-7-10(2,9(13)16-6)8(12)15-4-11(5,7)14/h5-8,12,14H,3-4H2,1-2H3/t5-,6-,7+,8-,10-,11-/m0/s1. The van der Waals surface area contributed by atoms with Crippen molar-refractivity contribution in [1.82, 2.24) is 0 Å². The number of carbonyl (C=O) groups excluding carboxylic acids is 1. The minimum absolute atomic E-state index is 0.0161. The average molecular weight is 228 g/mol. The summed E-state index contributed by atoms with van der Waals surface area (Å²) in [4.78, 5) is 11.8. The Bertz CT molecular complexity index is 356. The van der Waals surface area contributed by atoms with Crippen LogP contribution in [0, 0.1) is 17.3 Å². The van der Waals surface area contributed by atoms with E-state index in [2.05, 4.69) is 0 Å². The van der Waals surface area contributed by atoms with Crippen molar-refractivity contribution in [3.63, 3.8) is 0 Å². The van der Waals surface area contributed by atoms with Crippen molar-refractivity contribution in [1.29, 1.82) is 0 Å². The largest absolute Gasteiger partial charge is 0.461 e. The molecule has 2 heterocycles. The lowest BCUT2D eigenvalue weighted by Crippen LogP contribution is -2.60. The van der Waals surface area contributed by atoms with Crippen molar-refractivity contribution in [3.8, 4) is 0 Å². The molecule has 3 rings (SSSR count). The molecule has 0 unspecified atom stereocenters. The number of carbonyl (C=O) groups is 1. The monoisotopic (exact) mass is 228 g/mol. The smallest absolute Gasteiger partial charge is 0.317 e. The SMILES string of the molecule is C[C@H]1C[C@@H]2OC(=O)[C@]3(C)[C@@H](O)OC[C@@]1(O)[C@H]23. The molecule has 3 aliphatic rings. The van der Waals surface area contributed by atoms with E-state index in [-0.39, 0.29) is 24.5 Å². The zero-order valence-electron chi connectivity index (χ0n) is 9.34. The van der Waals surface area contributed by atoms with Gasteiger partial charge in [-0.3, -0.25) is 4.79 Å². The molecular weight excluding hydrogens is 212 g/mol. The van der Waals surface area contributed by atoms with Gasteiger partial charge < -0.3 is 19.7 Å². The molecule has 0 aromatic carbocycles. The lowest BCUT2D eigenvalue weighted by atomic mass is 9.67. The van der Waals surface area contributed by atoms with Gasteiger partial charge in [-0.25, -0.2) is 0 Å². The zero-order valence-corrected chi connectivity index (χ0v) is 9.34. The van der Waals surface area contributed by atoms with E-state index < -0.39 is 23.3 Å². The third-order valence-corrected chi connectivity index (χ3v) is 4.68. The first-order valence-corrected chi connectivity index (χ1v) is 5.64. The first-order valence-electron chi connectivity index (χ1n) is 5.64. The molecule has 16 heavy (non-hydrogen) atoms. The molecule has 5 heteroatoms. The highest BCUT2D eigenvalue weighted by atomic mass is 16.6. The van der Waals surface area contributed by atoms with Crippen molar-refractivity contribution in [3.05, 3.63) is 0 Å². The Labute approximate surface area is 93.3 Å². The van der Waals surface area contributed by atoms with Crippen molar-refractivity contribution in [2.45, 2.75) is 38.3 Å². The fraction of sp³-hybridized carbons (Fsp3) is 0.909. The van der Waals surface area contributed by atoms with Crippen LogP contribution in [0.25, 0.3) is 0 Å². The van der Waals surface area contributed by atoms with Crippen LogP contribution in [-0.2, 0) is 14.3 Å². The number of hydrogen-bond donors (Lipinski definition) is 2. The van der Waals surface area contributed by atoms with Crippen LogP contribution in [0.15, 0.2) is 0 Å². The third-order valence-electron chi connectivity index (χ3n) is 4.68. The van der Waals surface area contributed by atoms with Gasteiger partial charge in [0.1, 0.15) is 11.5 Å². The van der Waals surface area contributed by atoms with Gasteiger partial charge in [0.15, 0.2) is 6.29 Å². The molecule has 2 N–H and O–H groups in total. The van der Waals surface area contributed by atoms with Gasteiger partial charge in [-0.05, 0) is 19.3 Å². The molecule has 0 aromatic rings. The summed E-state index contributed by atoms with van der Waals surface area (Å²) >= 11 is 0. The fourth-order valence-corrected chi connectivity index (χ4v) is 3.60. The minimum Gasteiger partial charge on any atom is -0.461 e. The summed E-state index contributed by atoms with van der Waals surface area (Å²) in [7, 11) is 0. The summed E-state index contributed by atoms with van der Waals surface area (Å²) in [5.74, 6) is -0.797. The Morgan fingerprint density at radius 2 is 2.19 bits per heavy atom. The van der Waals surface area contributed by atoms with Gasteiger partial charge in [0.05, 0.1) is 12.2 Å². The number of ether oxygens (including phenoxy) is 2. The molecule has 1 saturated carbocycles. The molecule has 0 spiro atoms. The number of aliphatic hydroxyl groups is 2. The maximum atomic E-state index is 11.8. The van der Waals surface area contributed by atoms with Crippen molar-refractivity contribution < 1.29 is 24.5 Å². The third kappa shape index (κ3) is 0.908. The van der Waals surface area contributed by atoms with Crippen molar-refractivity contribution in [2.75, 3.05) is 6.61 Å². The first-order chi connectivity index (χ1) is 7.40. The molecule has 0 bridgehead atoms. The molecule has 2 saturated heterocycles. The van der Waals surface area contributed by atoms with Crippen LogP contribution in [-0.4, -0.2) is 40.8 Å². The highest BCUT2D eigenvalue weighted by molar-refractivity contribution is 5.80. The molecule has 2 aliphatic heterocycles. The zero-order chi connectivity index (χ0) is 11.7. The van der Waals surface area contributed by atoms with Gasteiger partial charge in [-0.15, -0.1) is 0 Å². The van der Waals surface area contributed by atoms with E-state index in [9.17, 15) is 15.0 Å². The Morgan fingerprint density at radius 1 is 1.50 bits per heavy atom. The van der Waals surface area contributed by atoms with E-state index in [4.69, 9.17) is 9.47 Å². The summed E-state index contributed by atoms with van der Waals surface area (Å²) in [5, 5.41) is 20.4. The van der Waals surface area contributed by atoms with Crippen LogP contribution < -0.4 is 0 Å². The number of hydrogen-bond acceptors (Lipinski definition) is 5. The molecule has 1 aliphatic carbocycles. The summed E-state index contributed by atoms with van der Waals surface area (Å²) in [6.07, 6.45) is -0.824. The first kappa shape index (κ1) is 10.5. The van der Waals surface area contributed by atoms with Crippen LogP contribution >= 0.6 is 0 Å². The molecule has 6 atom stereocenters. The van der Waals surface area contributed by atoms with Gasteiger partial charge in [0, 0.05) is 5.92 Å². The Kier molecular flexibility index (Phi) is 1.82. The van der Waals surface area contributed by atoms with E-state index in [1.165, 1.54) is 0 Å². The Morgan fingerprint density at radius 3 is 2.88 bits per heavy atom. The highest BCUT2D eigenvalue weighted by Crippen LogP contribution is 2.59. The predicted octanol–water partition coefficient (Wildman–Crippen LogP) is -0.346. The van der Waals surface area contributed by atoms with Gasteiger partial charge in [-0.1, -0.05) is 6.92 Å². The summed E-state index contributed by atoms with van der Waals surface area (Å²) in [6, 6.07) is 0. The van der Waals surface area contributed by atoms with Crippen LogP contribution in [0.3, 0.4) is 0 Å². The van der Waals surface area contributed by atoms with E-state index >= 15 is 0 Å². The number of rotatable bonds is 0. The van der Waals surface area contributed by atoms with E-state index in [0.29, 0.717) is 6.42 Å². The van der Waals surface area contributed by atoms with Crippen LogP contribution in [0.2, 0.25) is 0 Å². The van der Waals surface area contributed by atoms with Crippen molar-refractivity contribution in [2.24, 2.45) is 17.3 Å². The van der Waals surface area contributed by atoms with Gasteiger partial charge >= 0.3 is 5.97 Å². The topological polar surface area (TPSA) is 76.0 Å². The van der Waals surface area contributed by atoms with E-state index in [1.807, 2.05) is 6.92 Å². The number of esters is 1. The fourth-order valence-electron chi connectivity index (χ4n) is 3.60. The lowest BCUT2D eigenvalue weighted by Gasteiger charge is -2.46. The number of aliphatic hydroxyl groups excluding tert-OH is 1. The Balaban J connectivity index is 2.11. The summed E-state index contributed by atoms with van der Waals surface area (Å²) in [6.45, 7) is 3.61. The quantitative estimate of drug-likeness (QED) is 0.554. The summed E-state index contributed by atoms with van der Waals surface area (Å²) in [5.41, 5.74) is -2.17. The molecule has 90 valence electrons. The van der Waals surface area contributed by atoms with E-state index in [1.54, 1.807) is 6.92 Å². The summed E-state index contributed by atoms with van der Waals surface area (Å²) < 4.78 is 10.4. The lowest BCUT2D eigenvalue weighted by molar-refractivity contribution is -0.269. The predicted molar refractivity (Wildman–Crippen MR) is 52.2 cm³/mol. The molecule has 0 radical (unpaired) electrons. The molecule has 5 nitrogen and oxygen atoms in total. The van der Waals surface area contributed by atoms with E-state index in [0.717, 1.165) is 0 Å². The van der Waals surface area contributed by atoms with Crippen LogP contribution in [0.5, 0.6) is 0 Å². The van der Waals surface area contributed by atoms with Crippen LogP contribution in [0.4, 0.5) is 0 Å². The molecule has 3 fully saturated rings. The highest BCUT2D eigenvalue weighted by Gasteiger charge is 2.72. The van der Waals surface area contributed by atoms with Gasteiger partial charge in [0.2, 0.25) is 0 Å². The second kappa shape index (κ2) is 2.78. The second-order valence-corrected chi connectivity index (χ2v) is 5.50. The molecule has 0 aromatic heterocycles.